The average molecular weight is 369 g/mol. The van der Waals surface area contributed by atoms with Crippen LogP contribution < -0.4 is 0 Å². The predicted molar refractivity (Wildman–Crippen MR) is 81.1 cm³/mol. The first-order chi connectivity index (χ1) is 10.2. The van der Waals surface area contributed by atoms with Crippen molar-refractivity contribution in [1.82, 2.24) is 0 Å². The van der Waals surface area contributed by atoms with Crippen molar-refractivity contribution in [2.45, 2.75) is 24.9 Å². The minimum Gasteiger partial charge on any atom is -0.289 e. The fraction of sp³-hybridized carbons (Fsp3) is 0.235. The molecule has 0 amide bonds. The van der Waals surface area contributed by atoms with Gasteiger partial charge in [-0.25, -0.2) is 0 Å². The number of hydrogen-bond donors (Lipinski definition) is 0. The third kappa shape index (κ3) is 2.37. The van der Waals surface area contributed by atoms with Crippen LogP contribution in [0.4, 0.5) is 13.2 Å². The molecular formula is C17H12BrF3O. The molecule has 1 nitrogen and oxygen atoms in total. The standard InChI is InChI=1S/C17H12BrF3O/c1-16(9-17(19,20)21)13-5-3-2-4-11(13)15(22)12-7-6-10(18)8-14(12)16/h2-8H,9H2,1H3. The Labute approximate surface area is 134 Å². The Kier molecular flexibility index (Phi) is 3.44. The van der Waals surface area contributed by atoms with Gasteiger partial charge in [-0.05, 0) is 29.3 Å². The van der Waals surface area contributed by atoms with Crippen LogP contribution in [0, 0.1) is 0 Å². The summed E-state index contributed by atoms with van der Waals surface area (Å²) in [4.78, 5) is 12.6. The van der Waals surface area contributed by atoms with E-state index in [0.717, 1.165) is 0 Å². The van der Waals surface area contributed by atoms with Gasteiger partial charge in [0, 0.05) is 21.0 Å². The molecule has 0 N–H and O–H groups in total. The zero-order valence-electron chi connectivity index (χ0n) is 11.7. The van der Waals surface area contributed by atoms with Crippen LogP contribution in [0.15, 0.2) is 46.9 Å². The average Bonchev–Trinajstić information content (AvgIpc) is 2.43. The zero-order chi connectivity index (χ0) is 16.1. The molecule has 0 saturated heterocycles. The molecule has 3 rings (SSSR count). The molecule has 1 unspecified atom stereocenters. The van der Waals surface area contributed by atoms with E-state index < -0.39 is 18.0 Å². The summed E-state index contributed by atoms with van der Waals surface area (Å²) in [6.45, 7) is 1.55. The molecule has 0 fully saturated rings. The Bertz CT molecular complexity index is 767. The number of carbonyl (C=O) groups excluding carboxylic acids is 1. The number of hydrogen-bond acceptors (Lipinski definition) is 1. The van der Waals surface area contributed by atoms with Gasteiger partial charge in [-0.2, -0.15) is 13.2 Å². The molecule has 1 atom stereocenters. The van der Waals surface area contributed by atoms with Crippen LogP contribution in [0.5, 0.6) is 0 Å². The molecule has 2 aromatic rings. The number of fused-ring (bicyclic) bond motifs is 2. The van der Waals surface area contributed by atoms with Gasteiger partial charge in [-0.1, -0.05) is 47.1 Å². The zero-order valence-corrected chi connectivity index (χ0v) is 13.3. The molecule has 0 aliphatic heterocycles. The minimum atomic E-state index is -4.33. The number of ketones is 1. The lowest BCUT2D eigenvalue weighted by molar-refractivity contribution is -0.144. The number of halogens is 4. The first kappa shape index (κ1) is 15.3. The second-order valence-electron chi connectivity index (χ2n) is 5.69. The minimum absolute atomic E-state index is 0.224. The van der Waals surface area contributed by atoms with E-state index in [1.807, 2.05) is 0 Å². The largest absolute Gasteiger partial charge is 0.390 e. The Morgan fingerprint density at radius 3 is 2.36 bits per heavy atom. The van der Waals surface area contributed by atoms with E-state index >= 15 is 0 Å². The number of benzene rings is 2. The molecule has 1 aliphatic rings. The maximum absolute atomic E-state index is 13.2. The van der Waals surface area contributed by atoms with Gasteiger partial charge in [-0.3, -0.25) is 4.79 Å². The smallest absolute Gasteiger partial charge is 0.289 e. The summed E-state index contributed by atoms with van der Waals surface area (Å²) in [6.07, 6.45) is -5.34. The van der Waals surface area contributed by atoms with E-state index in [9.17, 15) is 18.0 Å². The maximum Gasteiger partial charge on any atom is 0.390 e. The Morgan fingerprint density at radius 2 is 1.68 bits per heavy atom. The molecule has 22 heavy (non-hydrogen) atoms. The van der Waals surface area contributed by atoms with Crippen LogP contribution in [-0.2, 0) is 5.41 Å². The van der Waals surface area contributed by atoms with Crippen molar-refractivity contribution >= 4 is 21.7 Å². The predicted octanol–water partition coefficient (Wildman–Crippen LogP) is 5.25. The quantitative estimate of drug-likeness (QED) is 0.671. The molecular weight excluding hydrogens is 357 g/mol. The lowest BCUT2D eigenvalue weighted by Gasteiger charge is -2.38. The summed E-state index contributed by atoms with van der Waals surface area (Å²) >= 11 is 3.29. The van der Waals surface area contributed by atoms with Crippen LogP contribution in [0.3, 0.4) is 0 Å². The maximum atomic E-state index is 13.2. The normalized spacial score (nSPS) is 20.5. The van der Waals surface area contributed by atoms with Gasteiger partial charge in [0.25, 0.3) is 0 Å². The lowest BCUT2D eigenvalue weighted by atomic mass is 9.65. The van der Waals surface area contributed by atoms with E-state index in [2.05, 4.69) is 15.9 Å². The summed E-state index contributed by atoms with van der Waals surface area (Å²) in [5.41, 5.74) is 0.269. The van der Waals surface area contributed by atoms with Crippen molar-refractivity contribution in [3.63, 3.8) is 0 Å². The molecule has 114 valence electrons. The Morgan fingerprint density at radius 1 is 1.05 bits per heavy atom. The van der Waals surface area contributed by atoms with Gasteiger partial charge in [-0.15, -0.1) is 0 Å². The molecule has 0 heterocycles. The van der Waals surface area contributed by atoms with E-state index in [4.69, 9.17) is 0 Å². The fourth-order valence-electron chi connectivity index (χ4n) is 3.21. The van der Waals surface area contributed by atoms with Gasteiger partial charge in [0.1, 0.15) is 0 Å². The number of carbonyl (C=O) groups is 1. The van der Waals surface area contributed by atoms with Crippen molar-refractivity contribution in [3.05, 3.63) is 69.2 Å². The second-order valence-corrected chi connectivity index (χ2v) is 6.60. The van der Waals surface area contributed by atoms with E-state index in [-0.39, 0.29) is 5.78 Å². The highest BCUT2D eigenvalue weighted by Gasteiger charge is 2.47. The molecule has 0 aromatic heterocycles. The van der Waals surface area contributed by atoms with Gasteiger partial charge in [0.2, 0.25) is 0 Å². The van der Waals surface area contributed by atoms with Crippen molar-refractivity contribution in [2.75, 3.05) is 0 Å². The van der Waals surface area contributed by atoms with Crippen molar-refractivity contribution in [3.8, 4) is 0 Å². The number of rotatable bonds is 1. The molecule has 0 bridgehead atoms. The summed E-state index contributed by atoms with van der Waals surface area (Å²) < 4.78 is 40.2. The monoisotopic (exact) mass is 368 g/mol. The molecule has 0 spiro atoms. The molecule has 1 aliphatic carbocycles. The van der Waals surface area contributed by atoms with Crippen LogP contribution >= 0.6 is 15.9 Å². The molecule has 2 aromatic carbocycles. The van der Waals surface area contributed by atoms with Gasteiger partial charge in [0.05, 0.1) is 6.42 Å². The van der Waals surface area contributed by atoms with Crippen molar-refractivity contribution in [1.29, 1.82) is 0 Å². The van der Waals surface area contributed by atoms with E-state index in [1.165, 1.54) is 0 Å². The van der Waals surface area contributed by atoms with Gasteiger partial charge in [0.15, 0.2) is 5.78 Å². The van der Waals surface area contributed by atoms with Crippen molar-refractivity contribution in [2.24, 2.45) is 0 Å². The third-order valence-electron chi connectivity index (χ3n) is 4.14. The molecule has 0 radical (unpaired) electrons. The summed E-state index contributed by atoms with van der Waals surface area (Å²) in [7, 11) is 0. The van der Waals surface area contributed by atoms with Crippen LogP contribution in [0.25, 0.3) is 0 Å². The summed E-state index contributed by atoms with van der Waals surface area (Å²) in [5.74, 6) is -0.224. The molecule has 5 heteroatoms. The number of alkyl halides is 3. The van der Waals surface area contributed by atoms with Crippen LogP contribution in [-0.4, -0.2) is 12.0 Å². The Balaban J connectivity index is 2.32. The van der Waals surface area contributed by atoms with E-state index in [1.54, 1.807) is 49.4 Å². The van der Waals surface area contributed by atoms with E-state index in [0.29, 0.717) is 26.7 Å². The van der Waals surface area contributed by atoms with Crippen LogP contribution in [0.2, 0.25) is 0 Å². The highest BCUT2D eigenvalue weighted by Crippen LogP contribution is 2.48. The first-order valence-corrected chi connectivity index (χ1v) is 7.53. The second kappa shape index (κ2) is 4.95. The summed E-state index contributed by atoms with van der Waals surface area (Å²) in [5, 5.41) is 0. The highest BCUT2D eigenvalue weighted by atomic mass is 79.9. The topological polar surface area (TPSA) is 17.1 Å². The summed E-state index contributed by atoms with van der Waals surface area (Å²) in [6, 6.07) is 11.4. The SMILES string of the molecule is CC1(CC(F)(F)F)c2ccccc2C(=O)c2ccc(Br)cc21. The van der Waals surface area contributed by atoms with Crippen molar-refractivity contribution < 1.29 is 18.0 Å². The van der Waals surface area contributed by atoms with Gasteiger partial charge < -0.3 is 0 Å². The van der Waals surface area contributed by atoms with Gasteiger partial charge >= 0.3 is 6.18 Å². The Hall–Kier alpha value is -1.62. The lowest BCUT2D eigenvalue weighted by Crippen LogP contribution is -2.37. The molecule has 0 saturated carbocycles. The fourth-order valence-corrected chi connectivity index (χ4v) is 3.58. The first-order valence-electron chi connectivity index (χ1n) is 6.73. The van der Waals surface area contributed by atoms with Crippen LogP contribution in [0.1, 0.15) is 40.4 Å². The highest BCUT2D eigenvalue weighted by molar-refractivity contribution is 9.10. The third-order valence-corrected chi connectivity index (χ3v) is 4.63.